The third-order valence-electron chi connectivity index (χ3n) is 3.57. The molecule has 0 fully saturated rings. The van der Waals surface area contributed by atoms with Gasteiger partial charge in [0.1, 0.15) is 17.1 Å². The van der Waals surface area contributed by atoms with Crippen molar-refractivity contribution in [2.75, 3.05) is 12.3 Å². The quantitative estimate of drug-likeness (QED) is 0.676. The molecular formula is C16H16N4O2. The molecular weight excluding hydrogens is 280 g/mol. The number of carbonyl (C=O) groups is 1. The fourth-order valence-corrected chi connectivity index (χ4v) is 2.52. The second kappa shape index (κ2) is 5.50. The van der Waals surface area contributed by atoms with E-state index < -0.39 is 5.91 Å². The van der Waals surface area contributed by atoms with Gasteiger partial charge in [-0.1, -0.05) is 36.4 Å². The third-order valence-corrected chi connectivity index (χ3v) is 3.57. The molecule has 0 unspecified atom stereocenters. The number of hydrogen-bond donors (Lipinski definition) is 3. The smallest absolute Gasteiger partial charge is 0.254 e. The molecule has 1 heterocycles. The summed E-state index contributed by atoms with van der Waals surface area (Å²) in [6.45, 7) is 0.0843. The van der Waals surface area contributed by atoms with Crippen LogP contribution in [0.2, 0.25) is 0 Å². The topological polar surface area (TPSA) is 107 Å². The highest BCUT2D eigenvalue weighted by molar-refractivity contribution is 6.04. The van der Waals surface area contributed by atoms with Gasteiger partial charge in [-0.3, -0.25) is 4.79 Å². The van der Waals surface area contributed by atoms with Gasteiger partial charge in [0, 0.05) is 5.56 Å². The first kappa shape index (κ1) is 14.1. The van der Waals surface area contributed by atoms with E-state index >= 15 is 0 Å². The second-order valence-corrected chi connectivity index (χ2v) is 4.98. The van der Waals surface area contributed by atoms with Crippen LogP contribution in [0.3, 0.4) is 0 Å². The summed E-state index contributed by atoms with van der Waals surface area (Å²) in [4.78, 5) is 11.7. The Morgan fingerprint density at radius 3 is 2.59 bits per heavy atom. The number of aliphatic hydroxyl groups excluding tert-OH is 1. The Bertz CT molecular complexity index is 854. The lowest BCUT2D eigenvalue weighted by Gasteiger charge is -2.03. The molecule has 6 heteroatoms. The molecule has 0 spiro atoms. The Morgan fingerprint density at radius 1 is 1.18 bits per heavy atom. The van der Waals surface area contributed by atoms with E-state index in [4.69, 9.17) is 16.6 Å². The number of benzene rings is 2. The van der Waals surface area contributed by atoms with Crippen molar-refractivity contribution in [3.8, 4) is 11.3 Å². The normalized spacial score (nSPS) is 11.0. The zero-order valence-corrected chi connectivity index (χ0v) is 11.9. The SMILES string of the molecule is NC(=O)c1c(-c2ccc3ccccc3c2)nn(CCO)c1N. The van der Waals surface area contributed by atoms with Crippen LogP contribution in [0.5, 0.6) is 0 Å². The van der Waals surface area contributed by atoms with Crippen LogP contribution in [0.1, 0.15) is 10.4 Å². The number of nitrogens with zero attached hydrogens (tertiary/aromatic N) is 2. The van der Waals surface area contributed by atoms with E-state index in [-0.39, 0.29) is 24.5 Å². The van der Waals surface area contributed by atoms with Gasteiger partial charge in [-0.05, 0) is 16.8 Å². The van der Waals surface area contributed by atoms with Crippen LogP contribution in [-0.2, 0) is 6.54 Å². The molecule has 2 aromatic carbocycles. The summed E-state index contributed by atoms with van der Waals surface area (Å²) in [5.41, 5.74) is 12.7. The van der Waals surface area contributed by atoms with E-state index in [1.807, 2.05) is 42.5 Å². The number of aromatic nitrogens is 2. The van der Waals surface area contributed by atoms with Crippen LogP contribution in [0, 0.1) is 0 Å². The largest absolute Gasteiger partial charge is 0.394 e. The van der Waals surface area contributed by atoms with Crippen LogP contribution in [0.4, 0.5) is 5.82 Å². The highest BCUT2D eigenvalue weighted by Gasteiger charge is 2.21. The predicted molar refractivity (Wildman–Crippen MR) is 85.2 cm³/mol. The van der Waals surface area contributed by atoms with Crippen molar-refractivity contribution in [3.05, 3.63) is 48.0 Å². The van der Waals surface area contributed by atoms with Gasteiger partial charge in [-0.2, -0.15) is 5.10 Å². The molecule has 1 aromatic heterocycles. The average Bonchev–Trinajstić information content (AvgIpc) is 2.84. The van der Waals surface area contributed by atoms with Crippen molar-refractivity contribution in [1.82, 2.24) is 9.78 Å². The van der Waals surface area contributed by atoms with Gasteiger partial charge in [0.05, 0.1) is 13.2 Å². The molecule has 5 N–H and O–H groups in total. The van der Waals surface area contributed by atoms with Gasteiger partial charge in [-0.25, -0.2) is 4.68 Å². The first-order chi connectivity index (χ1) is 10.6. The molecule has 112 valence electrons. The fourth-order valence-electron chi connectivity index (χ4n) is 2.52. The van der Waals surface area contributed by atoms with Crippen molar-refractivity contribution in [2.24, 2.45) is 5.73 Å². The van der Waals surface area contributed by atoms with Crippen molar-refractivity contribution >= 4 is 22.5 Å². The molecule has 6 nitrogen and oxygen atoms in total. The Morgan fingerprint density at radius 2 is 1.91 bits per heavy atom. The van der Waals surface area contributed by atoms with Gasteiger partial charge in [0.2, 0.25) is 0 Å². The van der Waals surface area contributed by atoms with Gasteiger partial charge in [0.15, 0.2) is 0 Å². The number of aliphatic hydroxyl groups is 1. The molecule has 0 saturated heterocycles. The lowest BCUT2D eigenvalue weighted by Crippen LogP contribution is -2.15. The summed E-state index contributed by atoms with van der Waals surface area (Å²) in [6.07, 6.45) is 0. The lowest BCUT2D eigenvalue weighted by molar-refractivity contribution is 0.100. The highest BCUT2D eigenvalue weighted by atomic mass is 16.3. The molecule has 0 saturated carbocycles. The number of amides is 1. The monoisotopic (exact) mass is 296 g/mol. The number of hydrogen-bond acceptors (Lipinski definition) is 4. The Labute approximate surface area is 127 Å². The summed E-state index contributed by atoms with van der Waals surface area (Å²) in [5, 5.41) is 15.5. The molecule has 1 amide bonds. The van der Waals surface area contributed by atoms with E-state index in [0.717, 1.165) is 16.3 Å². The Kier molecular flexibility index (Phi) is 3.52. The Hall–Kier alpha value is -2.86. The fraction of sp³-hybridized carbons (Fsp3) is 0.125. The molecule has 0 aliphatic carbocycles. The van der Waals surface area contributed by atoms with Crippen molar-refractivity contribution in [1.29, 1.82) is 0 Å². The molecule has 22 heavy (non-hydrogen) atoms. The number of primary amides is 1. The minimum Gasteiger partial charge on any atom is -0.394 e. The van der Waals surface area contributed by atoms with E-state index in [2.05, 4.69) is 5.10 Å². The zero-order chi connectivity index (χ0) is 15.7. The first-order valence-electron chi connectivity index (χ1n) is 6.88. The number of carbonyl (C=O) groups excluding carboxylic acids is 1. The van der Waals surface area contributed by atoms with E-state index in [0.29, 0.717) is 5.69 Å². The molecule has 3 rings (SSSR count). The number of nitrogens with two attached hydrogens (primary N) is 2. The highest BCUT2D eigenvalue weighted by Crippen LogP contribution is 2.29. The summed E-state index contributed by atoms with van der Waals surface area (Å²) in [7, 11) is 0. The number of fused-ring (bicyclic) bond motifs is 1. The van der Waals surface area contributed by atoms with E-state index in [9.17, 15) is 4.79 Å². The molecule has 0 atom stereocenters. The van der Waals surface area contributed by atoms with Gasteiger partial charge < -0.3 is 16.6 Å². The number of anilines is 1. The van der Waals surface area contributed by atoms with Gasteiger partial charge >= 0.3 is 0 Å². The van der Waals surface area contributed by atoms with Crippen LogP contribution in [0.25, 0.3) is 22.0 Å². The first-order valence-corrected chi connectivity index (χ1v) is 6.88. The maximum atomic E-state index is 11.7. The van der Waals surface area contributed by atoms with Crippen LogP contribution >= 0.6 is 0 Å². The molecule has 0 aliphatic heterocycles. The lowest BCUT2D eigenvalue weighted by atomic mass is 10.0. The molecule has 3 aromatic rings. The van der Waals surface area contributed by atoms with E-state index in [1.54, 1.807) is 0 Å². The van der Waals surface area contributed by atoms with Crippen molar-refractivity contribution in [2.45, 2.75) is 6.54 Å². The maximum Gasteiger partial charge on any atom is 0.254 e. The minimum absolute atomic E-state index is 0.124. The summed E-state index contributed by atoms with van der Waals surface area (Å²) >= 11 is 0. The number of rotatable bonds is 4. The molecule has 0 radical (unpaired) electrons. The van der Waals surface area contributed by atoms with Crippen molar-refractivity contribution < 1.29 is 9.90 Å². The van der Waals surface area contributed by atoms with Crippen molar-refractivity contribution in [3.63, 3.8) is 0 Å². The zero-order valence-electron chi connectivity index (χ0n) is 11.9. The van der Waals surface area contributed by atoms with E-state index in [1.165, 1.54) is 4.68 Å². The molecule has 0 aliphatic rings. The summed E-state index contributed by atoms with van der Waals surface area (Å²) < 4.78 is 1.39. The van der Waals surface area contributed by atoms with Crippen LogP contribution < -0.4 is 11.5 Å². The Balaban J connectivity index is 2.20. The average molecular weight is 296 g/mol. The molecule has 0 bridgehead atoms. The predicted octanol–water partition coefficient (Wildman–Crippen LogP) is 1.38. The van der Waals surface area contributed by atoms with Gasteiger partial charge in [-0.15, -0.1) is 0 Å². The summed E-state index contributed by atoms with van der Waals surface area (Å²) in [5.74, 6) is -0.463. The maximum absolute atomic E-state index is 11.7. The minimum atomic E-state index is -0.634. The third kappa shape index (κ3) is 2.29. The standard InChI is InChI=1S/C16H16N4O2/c17-15-13(16(18)22)14(19-20(15)7-8-21)12-6-5-10-3-1-2-4-11(10)9-12/h1-6,9,21H,7-8,17H2,(H2,18,22). The van der Waals surface area contributed by atoms with Gasteiger partial charge in [0.25, 0.3) is 5.91 Å². The van der Waals surface area contributed by atoms with Crippen LogP contribution in [-0.4, -0.2) is 27.4 Å². The summed E-state index contributed by atoms with van der Waals surface area (Å²) in [6, 6.07) is 13.7. The number of nitrogen functional groups attached to an aromatic ring is 1. The van der Waals surface area contributed by atoms with Crippen LogP contribution in [0.15, 0.2) is 42.5 Å². The second-order valence-electron chi connectivity index (χ2n) is 4.98.